The van der Waals surface area contributed by atoms with Gasteiger partial charge in [-0.3, -0.25) is 0 Å². The van der Waals surface area contributed by atoms with Crippen LogP contribution in [-0.2, 0) is 13.2 Å². The highest BCUT2D eigenvalue weighted by molar-refractivity contribution is 9.10. The van der Waals surface area contributed by atoms with Crippen molar-refractivity contribution in [1.29, 1.82) is 0 Å². The number of rotatable bonds is 8. The molecule has 0 amide bonds. The molecule has 2 N–H and O–H groups in total. The zero-order valence-corrected chi connectivity index (χ0v) is 18.8. The summed E-state index contributed by atoms with van der Waals surface area (Å²) in [5.74, 6) is 1.52. The lowest BCUT2D eigenvalue weighted by molar-refractivity contribution is 0.267. The van der Waals surface area contributed by atoms with E-state index in [0.717, 1.165) is 21.3 Å². The molecule has 0 aliphatic heterocycles. The van der Waals surface area contributed by atoms with Crippen molar-refractivity contribution in [2.24, 2.45) is 0 Å². The van der Waals surface area contributed by atoms with Crippen molar-refractivity contribution in [3.63, 3.8) is 0 Å². The van der Waals surface area contributed by atoms with Gasteiger partial charge in [-0.25, -0.2) is 0 Å². The molecule has 0 spiro atoms. The van der Waals surface area contributed by atoms with E-state index in [-0.39, 0.29) is 5.75 Å². The van der Waals surface area contributed by atoms with Crippen LogP contribution in [0.4, 0.5) is 5.69 Å². The summed E-state index contributed by atoms with van der Waals surface area (Å²) >= 11 is 15.6. The Morgan fingerprint density at radius 2 is 1.69 bits per heavy atom. The number of anilines is 1. The Labute approximate surface area is 188 Å². The maximum atomic E-state index is 9.39. The largest absolute Gasteiger partial charge is 0.508 e. The lowest BCUT2D eigenvalue weighted by Gasteiger charge is -2.16. The molecule has 0 saturated heterocycles. The van der Waals surface area contributed by atoms with Gasteiger partial charge in [-0.2, -0.15) is 0 Å². The molecular weight excluding hydrogens is 477 g/mol. The van der Waals surface area contributed by atoms with Crippen LogP contribution >= 0.6 is 39.1 Å². The Morgan fingerprint density at radius 1 is 0.931 bits per heavy atom. The Kier molecular flexibility index (Phi) is 7.53. The highest BCUT2D eigenvalue weighted by atomic mass is 79.9. The summed E-state index contributed by atoms with van der Waals surface area (Å²) in [7, 11) is 0. The van der Waals surface area contributed by atoms with Crippen molar-refractivity contribution in [1.82, 2.24) is 0 Å². The van der Waals surface area contributed by atoms with E-state index >= 15 is 0 Å². The molecule has 0 saturated carbocycles. The van der Waals surface area contributed by atoms with E-state index in [1.807, 2.05) is 37.3 Å². The van der Waals surface area contributed by atoms with Gasteiger partial charge in [0.1, 0.15) is 12.4 Å². The molecular formula is C22H20BrCl2NO3. The second-order valence-corrected chi connectivity index (χ2v) is 7.94. The average Bonchev–Trinajstić information content (AvgIpc) is 2.70. The molecule has 0 radical (unpaired) electrons. The monoisotopic (exact) mass is 495 g/mol. The molecule has 0 aliphatic rings. The smallest absolute Gasteiger partial charge is 0.175 e. The number of benzene rings is 3. The van der Waals surface area contributed by atoms with Crippen LogP contribution in [0.25, 0.3) is 0 Å². The molecule has 0 aliphatic carbocycles. The molecule has 0 bridgehead atoms. The Morgan fingerprint density at radius 3 is 2.38 bits per heavy atom. The van der Waals surface area contributed by atoms with Crippen molar-refractivity contribution in [3.05, 3.63) is 80.2 Å². The van der Waals surface area contributed by atoms with Crippen molar-refractivity contribution in [2.75, 3.05) is 11.9 Å². The standard InChI is InChI=1S/C22H20BrCl2NO3/c1-2-28-21-11-15(12-26-16-4-6-17(27)7-5-16)9-18(23)22(21)29-13-14-3-8-19(24)20(25)10-14/h3-11,26-27H,2,12-13H2,1H3. The number of hydrogen-bond donors (Lipinski definition) is 2. The van der Waals surface area contributed by atoms with E-state index in [2.05, 4.69) is 21.2 Å². The number of halogens is 3. The Bertz CT molecular complexity index is 981. The lowest BCUT2D eigenvalue weighted by atomic mass is 10.2. The summed E-state index contributed by atoms with van der Waals surface area (Å²) in [5.41, 5.74) is 2.85. The van der Waals surface area contributed by atoms with Gasteiger partial charge in [0.25, 0.3) is 0 Å². The fourth-order valence-corrected chi connectivity index (χ4v) is 3.62. The SMILES string of the molecule is CCOc1cc(CNc2ccc(O)cc2)cc(Br)c1OCc1ccc(Cl)c(Cl)c1. The van der Waals surface area contributed by atoms with Crippen LogP contribution in [0.5, 0.6) is 17.2 Å². The molecule has 4 nitrogen and oxygen atoms in total. The third-order valence-corrected chi connectivity index (χ3v) is 5.43. The first kappa shape index (κ1) is 21.6. The number of aromatic hydroxyl groups is 1. The van der Waals surface area contributed by atoms with Gasteiger partial charge in [0.15, 0.2) is 11.5 Å². The second kappa shape index (κ2) is 10.1. The minimum atomic E-state index is 0.236. The van der Waals surface area contributed by atoms with E-state index in [1.54, 1.807) is 24.3 Å². The fraction of sp³-hybridized carbons (Fsp3) is 0.182. The molecule has 0 aromatic heterocycles. The molecule has 0 heterocycles. The van der Waals surface area contributed by atoms with Crippen molar-refractivity contribution < 1.29 is 14.6 Å². The molecule has 0 unspecified atom stereocenters. The van der Waals surface area contributed by atoms with Gasteiger partial charge in [-0.15, -0.1) is 0 Å². The van der Waals surface area contributed by atoms with Crippen LogP contribution in [-0.4, -0.2) is 11.7 Å². The first-order valence-electron chi connectivity index (χ1n) is 9.01. The summed E-state index contributed by atoms with van der Waals surface area (Å²) in [4.78, 5) is 0. The van der Waals surface area contributed by atoms with E-state index in [4.69, 9.17) is 32.7 Å². The van der Waals surface area contributed by atoms with Gasteiger partial charge in [-0.1, -0.05) is 29.3 Å². The molecule has 3 aromatic rings. The maximum absolute atomic E-state index is 9.39. The maximum Gasteiger partial charge on any atom is 0.175 e. The van der Waals surface area contributed by atoms with Gasteiger partial charge in [0.05, 0.1) is 21.1 Å². The first-order valence-corrected chi connectivity index (χ1v) is 10.6. The van der Waals surface area contributed by atoms with E-state index in [1.165, 1.54) is 0 Å². The number of nitrogens with one attached hydrogen (secondary N) is 1. The van der Waals surface area contributed by atoms with Gasteiger partial charge in [0.2, 0.25) is 0 Å². The lowest BCUT2D eigenvalue weighted by Crippen LogP contribution is -2.04. The molecule has 29 heavy (non-hydrogen) atoms. The highest BCUT2D eigenvalue weighted by Crippen LogP contribution is 2.38. The molecule has 3 rings (SSSR count). The zero-order chi connectivity index (χ0) is 20.8. The molecule has 0 fully saturated rings. The number of phenols is 1. The topological polar surface area (TPSA) is 50.7 Å². The van der Waals surface area contributed by atoms with Crippen LogP contribution in [0.3, 0.4) is 0 Å². The van der Waals surface area contributed by atoms with E-state index in [0.29, 0.717) is 41.3 Å². The van der Waals surface area contributed by atoms with Crippen LogP contribution in [0.2, 0.25) is 10.0 Å². The summed E-state index contributed by atoms with van der Waals surface area (Å²) < 4.78 is 12.6. The minimum absolute atomic E-state index is 0.236. The average molecular weight is 497 g/mol. The summed E-state index contributed by atoms with van der Waals surface area (Å²) in [6.45, 7) is 3.37. The normalized spacial score (nSPS) is 10.6. The fourth-order valence-electron chi connectivity index (χ4n) is 2.69. The second-order valence-electron chi connectivity index (χ2n) is 6.28. The summed E-state index contributed by atoms with van der Waals surface area (Å²) in [6, 6.07) is 16.3. The Balaban J connectivity index is 1.74. The van der Waals surface area contributed by atoms with Gasteiger partial charge >= 0.3 is 0 Å². The quantitative estimate of drug-likeness (QED) is 0.328. The minimum Gasteiger partial charge on any atom is -0.508 e. The van der Waals surface area contributed by atoms with Crippen molar-refractivity contribution in [2.45, 2.75) is 20.1 Å². The summed E-state index contributed by atoms with van der Waals surface area (Å²) in [5, 5.41) is 13.7. The van der Waals surface area contributed by atoms with Gasteiger partial charge in [0, 0.05) is 12.2 Å². The molecule has 0 atom stereocenters. The molecule has 3 aromatic carbocycles. The molecule has 152 valence electrons. The van der Waals surface area contributed by atoms with E-state index < -0.39 is 0 Å². The van der Waals surface area contributed by atoms with Crippen molar-refractivity contribution in [3.8, 4) is 17.2 Å². The van der Waals surface area contributed by atoms with Crippen LogP contribution in [0.15, 0.2) is 59.1 Å². The van der Waals surface area contributed by atoms with Gasteiger partial charge < -0.3 is 19.9 Å². The predicted molar refractivity (Wildman–Crippen MR) is 122 cm³/mol. The first-order chi connectivity index (χ1) is 14.0. The van der Waals surface area contributed by atoms with Crippen molar-refractivity contribution >= 4 is 44.8 Å². The Hall–Kier alpha value is -2.08. The van der Waals surface area contributed by atoms with Crippen LogP contribution in [0.1, 0.15) is 18.1 Å². The number of hydrogen-bond acceptors (Lipinski definition) is 4. The molecule has 7 heteroatoms. The number of ether oxygens (including phenoxy) is 2. The third-order valence-electron chi connectivity index (χ3n) is 4.10. The van der Waals surface area contributed by atoms with Crippen LogP contribution < -0.4 is 14.8 Å². The van der Waals surface area contributed by atoms with E-state index in [9.17, 15) is 5.11 Å². The zero-order valence-electron chi connectivity index (χ0n) is 15.7. The van der Waals surface area contributed by atoms with Crippen LogP contribution in [0, 0.1) is 0 Å². The summed E-state index contributed by atoms with van der Waals surface area (Å²) in [6.07, 6.45) is 0. The van der Waals surface area contributed by atoms with Gasteiger partial charge in [-0.05, 0) is 82.5 Å². The predicted octanol–water partition coefficient (Wildman–Crippen LogP) is 7.05. The third kappa shape index (κ3) is 5.95. The highest BCUT2D eigenvalue weighted by Gasteiger charge is 2.13. The number of phenolic OH excluding ortho intramolecular Hbond substituents is 1.